The smallest absolute Gasteiger partial charge is 0.731 e. The van der Waals surface area contributed by atoms with Crippen molar-refractivity contribution in [3.8, 4) is 0 Å². The first-order valence-electron chi connectivity index (χ1n) is 5.65. The van der Waals surface area contributed by atoms with E-state index in [1.165, 1.54) is 12.5 Å². The number of thiazole rings is 1. The number of hydrogen-bond acceptors (Lipinski definition) is 10. The van der Waals surface area contributed by atoms with Crippen LogP contribution < -0.4 is 62.4 Å². The van der Waals surface area contributed by atoms with Gasteiger partial charge < -0.3 is 20.4 Å². The van der Waals surface area contributed by atoms with Crippen LogP contribution in [0.15, 0.2) is 10.5 Å². The number of amides is 2. The van der Waals surface area contributed by atoms with Crippen molar-refractivity contribution in [1.82, 2.24) is 14.6 Å². The van der Waals surface area contributed by atoms with Crippen molar-refractivity contribution in [2.24, 2.45) is 5.16 Å². The van der Waals surface area contributed by atoms with Gasteiger partial charge in [-0.1, -0.05) is 5.16 Å². The van der Waals surface area contributed by atoms with E-state index in [0.717, 1.165) is 11.3 Å². The van der Waals surface area contributed by atoms with Crippen molar-refractivity contribution in [2.45, 2.75) is 6.04 Å². The van der Waals surface area contributed by atoms with Gasteiger partial charge in [0.25, 0.3) is 11.8 Å². The van der Waals surface area contributed by atoms with E-state index < -0.39 is 34.7 Å². The molecule has 0 spiro atoms. The molecule has 1 aromatic heterocycles. The summed E-state index contributed by atoms with van der Waals surface area (Å²) in [5, 5.41) is 7.41. The normalized spacial score (nSPS) is 18.0. The number of carbonyl (C=O) groups excluding carboxylic acids is 2. The minimum atomic E-state index is -4.86. The van der Waals surface area contributed by atoms with E-state index in [9.17, 15) is 22.6 Å². The molecule has 0 radical (unpaired) electrons. The minimum absolute atomic E-state index is 0. The zero-order valence-electron chi connectivity index (χ0n) is 12.0. The molecule has 23 heavy (non-hydrogen) atoms. The second-order valence-electron chi connectivity index (χ2n) is 4.05. The molecule has 0 aliphatic carbocycles. The maximum Gasteiger partial charge on any atom is 1.00 e. The first-order chi connectivity index (χ1) is 10.2. The molecule has 120 valence electrons. The summed E-state index contributed by atoms with van der Waals surface area (Å²) in [5.74, 6) is -1.83. The van der Waals surface area contributed by atoms with Crippen LogP contribution in [0.5, 0.6) is 0 Å². The standard InChI is InChI=1S/C9H11N5O6S2.K/c1-20-13-6(5-3-21-9(10)12-5)7(15)11-4-2-14(8(4)16)22(17,18)19;/h3-4H,2H2,1H3,(H2,10,12)(H,11,15)(H,17,18,19);/q;+1/p-1/b13-6+;. The van der Waals surface area contributed by atoms with Crippen LogP contribution in [-0.2, 0) is 24.7 Å². The van der Waals surface area contributed by atoms with Crippen molar-refractivity contribution in [2.75, 3.05) is 19.4 Å². The second-order valence-corrected chi connectivity index (χ2v) is 6.23. The van der Waals surface area contributed by atoms with Gasteiger partial charge >= 0.3 is 51.4 Å². The van der Waals surface area contributed by atoms with Crippen LogP contribution >= 0.6 is 11.3 Å². The fraction of sp³-hybridized carbons (Fsp3) is 0.333. The summed E-state index contributed by atoms with van der Waals surface area (Å²) >= 11 is 1.07. The summed E-state index contributed by atoms with van der Waals surface area (Å²) in [6.07, 6.45) is 0. The molecule has 1 aromatic rings. The summed E-state index contributed by atoms with van der Waals surface area (Å²) in [6.45, 7) is -0.435. The number of rotatable bonds is 5. The molecule has 1 atom stereocenters. The fourth-order valence-electron chi connectivity index (χ4n) is 1.62. The molecule has 2 rings (SSSR count). The van der Waals surface area contributed by atoms with E-state index in [1.807, 2.05) is 0 Å². The molecule has 11 nitrogen and oxygen atoms in total. The zero-order chi connectivity index (χ0) is 16.5. The summed E-state index contributed by atoms with van der Waals surface area (Å²) in [5.41, 5.74) is 5.37. The number of aromatic nitrogens is 1. The number of β-lactam (4-membered cyclic amide) rings is 1. The van der Waals surface area contributed by atoms with Gasteiger partial charge in [-0.05, 0) is 0 Å². The molecule has 3 N–H and O–H groups in total. The van der Waals surface area contributed by atoms with Crippen LogP contribution in [0.4, 0.5) is 5.13 Å². The Morgan fingerprint density at radius 1 is 1.65 bits per heavy atom. The third-order valence-electron chi connectivity index (χ3n) is 2.63. The SMILES string of the molecule is CO/N=C(/C(=O)NC1CN(S(=O)(=O)[O-])C1=O)c1csc(N)n1.[K+]. The number of oxime groups is 1. The monoisotopic (exact) mass is 387 g/mol. The molecule has 0 saturated carbocycles. The Labute approximate surface area is 177 Å². The largest absolute Gasteiger partial charge is 1.00 e. The molecule has 1 saturated heterocycles. The molecule has 1 fully saturated rings. The zero-order valence-corrected chi connectivity index (χ0v) is 16.8. The molecule has 1 aliphatic rings. The third kappa shape index (κ3) is 4.69. The van der Waals surface area contributed by atoms with Crippen LogP contribution in [0.1, 0.15) is 5.69 Å². The predicted octanol–water partition coefficient (Wildman–Crippen LogP) is -5.13. The fourth-order valence-corrected chi connectivity index (χ4v) is 2.85. The number of nitrogens with zero attached hydrogens (tertiary/aromatic N) is 3. The Morgan fingerprint density at radius 3 is 2.74 bits per heavy atom. The molecule has 1 aliphatic heterocycles. The van der Waals surface area contributed by atoms with Crippen LogP contribution in [0.25, 0.3) is 0 Å². The van der Waals surface area contributed by atoms with Crippen LogP contribution in [-0.4, -0.2) is 59.5 Å². The summed E-state index contributed by atoms with van der Waals surface area (Å²) < 4.78 is 32.2. The van der Waals surface area contributed by atoms with Gasteiger partial charge in [0.1, 0.15) is 18.8 Å². The summed E-state index contributed by atoms with van der Waals surface area (Å²) in [4.78, 5) is 31.9. The van der Waals surface area contributed by atoms with Gasteiger partial charge in [0.2, 0.25) is 0 Å². The molecule has 2 heterocycles. The molecule has 1 unspecified atom stereocenters. The van der Waals surface area contributed by atoms with Crippen LogP contribution in [0.2, 0.25) is 0 Å². The molecule has 14 heteroatoms. The van der Waals surface area contributed by atoms with Gasteiger partial charge in [0, 0.05) is 5.38 Å². The van der Waals surface area contributed by atoms with Crippen molar-refractivity contribution in [3.05, 3.63) is 11.1 Å². The van der Waals surface area contributed by atoms with E-state index >= 15 is 0 Å². The Hall–Kier alpha value is -0.614. The maximum absolute atomic E-state index is 12.1. The van der Waals surface area contributed by atoms with Gasteiger partial charge in [-0.15, -0.1) is 11.3 Å². The molecular formula is C9H10KN5O6S2. The van der Waals surface area contributed by atoms with Crippen molar-refractivity contribution in [3.63, 3.8) is 0 Å². The van der Waals surface area contributed by atoms with E-state index in [0.29, 0.717) is 0 Å². The topological polar surface area (TPSA) is 167 Å². The first-order valence-corrected chi connectivity index (χ1v) is 7.89. The number of nitrogens with one attached hydrogen (secondary N) is 1. The van der Waals surface area contributed by atoms with Crippen molar-refractivity contribution < 1.29 is 78.8 Å². The maximum atomic E-state index is 12.1. The van der Waals surface area contributed by atoms with E-state index in [2.05, 4.69) is 20.3 Å². The van der Waals surface area contributed by atoms with E-state index in [1.54, 1.807) is 0 Å². The van der Waals surface area contributed by atoms with Crippen LogP contribution in [0.3, 0.4) is 0 Å². The summed E-state index contributed by atoms with van der Waals surface area (Å²) in [6, 6.07) is -1.13. The van der Waals surface area contributed by atoms with Crippen LogP contribution in [0, 0.1) is 0 Å². The Balaban J connectivity index is 0.00000264. The Morgan fingerprint density at radius 2 is 2.30 bits per heavy atom. The third-order valence-corrected chi connectivity index (χ3v) is 4.17. The number of carbonyl (C=O) groups is 2. The molecule has 2 amide bonds. The van der Waals surface area contributed by atoms with Gasteiger partial charge in [-0.3, -0.25) is 9.59 Å². The number of nitrogen functional groups attached to an aromatic ring is 1. The molecule has 0 bridgehead atoms. The van der Waals surface area contributed by atoms with Gasteiger partial charge in [0.05, 0.1) is 6.54 Å². The molecular weight excluding hydrogens is 377 g/mol. The predicted molar refractivity (Wildman–Crippen MR) is 73.4 cm³/mol. The van der Waals surface area contributed by atoms with Crippen molar-refractivity contribution >= 4 is 44.3 Å². The van der Waals surface area contributed by atoms with E-state index in [4.69, 9.17) is 5.73 Å². The Kier molecular flexibility index (Phi) is 7.08. The minimum Gasteiger partial charge on any atom is -0.731 e. The average molecular weight is 387 g/mol. The number of nitrogens with two attached hydrogens (primary N) is 1. The first kappa shape index (κ1) is 20.4. The van der Waals surface area contributed by atoms with Gasteiger partial charge in [-0.2, -0.15) is 0 Å². The van der Waals surface area contributed by atoms with Gasteiger partial charge in [-0.25, -0.2) is 17.7 Å². The number of hydrogen-bond donors (Lipinski definition) is 2. The number of anilines is 1. The Bertz CT molecular complexity index is 747. The average Bonchev–Trinajstić information content (AvgIpc) is 2.84. The summed E-state index contributed by atoms with van der Waals surface area (Å²) in [7, 11) is -3.65. The second kappa shape index (κ2) is 7.97. The molecule has 0 aromatic carbocycles. The quantitative estimate of drug-likeness (QED) is 0.166. The van der Waals surface area contributed by atoms with Gasteiger partial charge in [0.15, 0.2) is 21.1 Å². The van der Waals surface area contributed by atoms with E-state index in [-0.39, 0.29) is 72.2 Å². The van der Waals surface area contributed by atoms with Crippen molar-refractivity contribution in [1.29, 1.82) is 0 Å².